The lowest BCUT2D eigenvalue weighted by Gasteiger charge is -2.29. The SMILES string of the molecule is COc1ncc(-c2ccc(NC(=O)OC3CCC(NC(=O)OC(C)(C)C)CC3)nc2)cn1. The van der Waals surface area contributed by atoms with Crippen LogP contribution in [0.5, 0.6) is 6.01 Å². The van der Waals surface area contributed by atoms with E-state index in [0.717, 1.165) is 11.1 Å². The molecule has 2 amide bonds. The largest absolute Gasteiger partial charge is 0.467 e. The molecule has 1 saturated carbocycles. The predicted octanol–water partition coefficient (Wildman–Crippen LogP) is 3.93. The summed E-state index contributed by atoms with van der Waals surface area (Å²) in [6.07, 6.45) is 6.47. The number of anilines is 1. The highest BCUT2D eigenvalue weighted by atomic mass is 16.6. The zero-order valence-electron chi connectivity index (χ0n) is 18.8. The second-order valence-corrected chi connectivity index (χ2v) is 8.54. The molecule has 0 atom stereocenters. The van der Waals surface area contributed by atoms with Gasteiger partial charge in [0.1, 0.15) is 17.5 Å². The lowest BCUT2D eigenvalue weighted by molar-refractivity contribution is 0.0440. The molecule has 10 heteroatoms. The fourth-order valence-corrected chi connectivity index (χ4v) is 3.29. The molecule has 2 heterocycles. The van der Waals surface area contributed by atoms with E-state index in [9.17, 15) is 9.59 Å². The van der Waals surface area contributed by atoms with Gasteiger partial charge in [-0.15, -0.1) is 0 Å². The molecule has 1 fully saturated rings. The average molecular weight is 444 g/mol. The Bertz CT molecular complexity index is 904. The molecule has 172 valence electrons. The van der Waals surface area contributed by atoms with Gasteiger partial charge in [0.05, 0.1) is 7.11 Å². The highest BCUT2D eigenvalue weighted by Gasteiger charge is 2.26. The van der Waals surface area contributed by atoms with Crippen LogP contribution in [0, 0.1) is 0 Å². The molecule has 10 nitrogen and oxygen atoms in total. The van der Waals surface area contributed by atoms with E-state index < -0.39 is 17.8 Å². The monoisotopic (exact) mass is 443 g/mol. The Morgan fingerprint density at radius 1 is 0.938 bits per heavy atom. The van der Waals surface area contributed by atoms with Crippen LogP contribution >= 0.6 is 0 Å². The van der Waals surface area contributed by atoms with Crippen LogP contribution in [0.1, 0.15) is 46.5 Å². The molecule has 2 aromatic heterocycles. The minimum atomic E-state index is -0.554. The summed E-state index contributed by atoms with van der Waals surface area (Å²) in [7, 11) is 1.50. The summed E-state index contributed by atoms with van der Waals surface area (Å²) in [5.74, 6) is 0.383. The fraction of sp³-hybridized carbons (Fsp3) is 0.500. The van der Waals surface area contributed by atoms with Crippen LogP contribution in [0.15, 0.2) is 30.7 Å². The number of aromatic nitrogens is 3. The number of methoxy groups -OCH3 is 1. The molecule has 2 N–H and O–H groups in total. The zero-order chi connectivity index (χ0) is 23.1. The summed E-state index contributed by atoms with van der Waals surface area (Å²) in [6, 6.07) is 3.80. The molecule has 2 aromatic rings. The summed E-state index contributed by atoms with van der Waals surface area (Å²) in [6.45, 7) is 5.48. The lowest BCUT2D eigenvalue weighted by Crippen LogP contribution is -2.42. The van der Waals surface area contributed by atoms with E-state index in [0.29, 0.717) is 31.5 Å². The van der Waals surface area contributed by atoms with Gasteiger partial charge >= 0.3 is 18.2 Å². The third-order valence-electron chi connectivity index (χ3n) is 4.81. The minimum absolute atomic E-state index is 0.0175. The van der Waals surface area contributed by atoms with Crippen molar-refractivity contribution in [1.82, 2.24) is 20.3 Å². The molecule has 32 heavy (non-hydrogen) atoms. The van der Waals surface area contributed by atoms with E-state index in [2.05, 4.69) is 25.6 Å². The van der Waals surface area contributed by atoms with Gasteiger partial charge in [0.2, 0.25) is 0 Å². The van der Waals surface area contributed by atoms with Crippen LogP contribution < -0.4 is 15.4 Å². The third kappa shape index (κ3) is 7.07. The van der Waals surface area contributed by atoms with Crippen molar-refractivity contribution in [3.05, 3.63) is 30.7 Å². The minimum Gasteiger partial charge on any atom is -0.467 e. The Morgan fingerprint density at radius 3 is 2.16 bits per heavy atom. The van der Waals surface area contributed by atoms with Gasteiger partial charge in [-0.2, -0.15) is 0 Å². The second kappa shape index (κ2) is 10.3. The first-order chi connectivity index (χ1) is 15.2. The maximum atomic E-state index is 12.2. The van der Waals surface area contributed by atoms with Crippen molar-refractivity contribution in [2.24, 2.45) is 0 Å². The van der Waals surface area contributed by atoms with E-state index in [-0.39, 0.29) is 18.2 Å². The molecule has 0 spiro atoms. The smallest absolute Gasteiger partial charge is 0.413 e. The first-order valence-electron chi connectivity index (χ1n) is 10.5. The van der Waals surface area contributed by atoms with Crippen molar-refractivity contribution in [1.29, 1.82) is 0 Å². The molecule has 0 aliphatic heterocycles. The molecule has 0 bridgehead atoms. The van der Waals surface area contributed by atoms with Crippen LogP contribution in [0.4, 0.5) is 15.4 Å². The Kier molecular flexibility index (Phi) is 7.45. The number of rotatable bonds is 5. The van der Waals surface area contributed by atoms with Gasteiger partial charge in [-0.3, -0.25) is 5.32 Å². The number of alkyl carbamates (subject to hydrolysis) is 1. The van der Waals surface area contributed by atoms with Crippen molar-refractivity contribution >= 4 is 18.0 Å². The zero-order valence-corrected chi connectivity index (χ0v) is 18.8. The number of hydrogen-bond acceptors (Lipinski definition) is 8. The maximum absolute atomic E-state index is 12.2. The highest BCUT2D eigenvalue weighted by Crippen LogP contribution is 2.23. The molecule has 3 rings (SSSR count). The molecular weight excluding hydrogens is 414 g/mol. The number of carbonyl (C=O) groups is 2. The normalized spacial score (nSPS) is 18.4. The van der Waals surface area contributed by atoms with Crippen LogP contribution in [-0.4, -0.2) is 52.0 Å². The van der Waals surface area contributed by atoms with E-state index >= 15 is 0 Å². The van der Waals surface area contributed by atoms with Crippen LogP contribution in [0.25, 0.3) is 11.1 Å². The molecule has 0 unspecified atom stereocenters. The summed E-state index contributed by atoms with van der Waals surface area (Å²) >= 11 is 0. The maximum Gasteiger partial charge on any atom is 0.413 e. The average Bonchev–Trinajstić information content (AvgIpc) is 2.74. The van der Waals surface area contributed by atoms with Crippen LogP contribution in [0.3, 0.4) is 0 Å². The lowest BCUT2D eigenvalue weighted by atomic mass is 9.93. The van der Waals surface area contributed by atoms with E-state index in [1.165, 1.54) is 7.11 Å². The topological polar surface area (TPSA) is 125 Å². The van der Waals surface area contributed by atoms with Crippen molar-refractivity contribution in [3.63, 3.8) is 0 Å². The van der Waals surface area contributed by atoms with Gasteiger partial charge in [0.15, 0.2) is 0 Å². The number of hydrogen-bond donors (Lipinski definition) is 2. The number of nitrogens with zero attached hydrogens (tertiary/aromatic N) is 3. The quantitative estimate of drug-likeness (QED) is 0.712. The molecular formula is C22H29N5O5. The Hall–Kier alpha value is -3.43. The number of amides is 2. The fourth-order valence-electron chi connectivity index (χ4n) is 3.29. The summed E-state index contributed by atoms with van der Waals surface area (Å²) in [5, 5.41) is 5.51. The van der Waals surface area contributed by atoms with Crippen molar-refractivity contribution in [3.8, 4) is 17.1 Å². The van der Waals surface area contributed by atoms with Gasteiger partial charge in [-0.05, 0) is 58.6 Å². The Balaban J connectivity index is 1.42. The number of carbonyl (C=O) groups excluding carboxylic acids is 2. The second-order valence-electron chi connectivity index (χ2n) is 8.54. The molecule has 1 aliphatic rings. The van der Waals surface area contributed by atoms with Crippen molar-refractivity contribution < 1.29 is 23.8 Å². The summed E-state index contributed by atoms with van der Waals surface area (Å²) in [4.78, 5) is 36.5. The van der Waals surface area contributed by atoms with Gasteiger partial charge < -0.3 is 19.5 Å². The Labute approximate surface area is 187 Å². The number of pyridine rings is 1. The number of ether oxygens (including phenoxy) is 3. The van der Waals surface area contributed by atoms with Crippen LogP contribution in [0.2, 0.25) is 0 Å². The van der Waals surface area contributed by atoms with E-state index in [1.807, 2.05) is 20.8 Å². The van der Waals surface area contributed by atoms with Crippen LogP contribution in [-0.2, 0) is 9.47 Å². The van der Waals surface area contributed by atoms with E-state index in [4.69, 9.17) is 14.2 Å². The van der Waals surface area contributed by atoms with Gasteiger partial charge in [-0.25, -0.2) is 24.5 Å². The van der Waals surface area contributed by atoms with Gasteiger partial charge in [0.25, 0.3) is 0 Å². The number of nitrogens with one attached hydrogen (secondary N) is 2. The third-order valence-corrected chi connectivity index (χ3v) is 4.81. The standard InChI is InChI=1S/C22H29N5O5/c1-22(2,3)32-21(29)26-16-6-8-17(9-7-16)31-20(28)27-18-10-5-14(11-23-18)15-12-24-19(30-4)25-13-15/h5,10-13,16-17H,6-9H2,1-4H3,(H,26,29)(H,23,27,28). The first kappa shape index (κ1) is 23.2. The highest BCUT2D eigenvalue weighted by molar-refractivity contribution is 5.83. The molecule has 1 aliphatic carbocycles. The Morgan fingerprint density at radius 2 is 1.59 bits per heavy atom. The van der Waals surface area contributed by atoms with Crippen molar-refractivity contribution in [2.45, 2.75) is 64.2 Å². The first-order valence-corrected chi connectivity index (χ1v) is 10.5. The van der Waals surface area contributed by atoms with Gasteiger partial charge in [-0.1, -0.05) is 0 Å². The van der Waals surface area contributed by atoms with Gasteiger partial charge in [0, 0.05) is 35.8 Å². The van der Waals surface area contributed by atoms with E-state index in [1.54, 1.807) is 30.7 Å². The molecule has 0 radical (unpaired) electrons. The molecule has 0 aromatic carbocycles. The summed E-state index contributed by atoms with van der Waals surface area (Å²) < 4.78 is 15.7. The molecule has 0 saturated heterocycles. The van der Waals surface area contributed by atoms with Crippen molar-refractivity contribution in [2.75, 3.05) is 12.4 Å². The predicted molar refractivity (Wildman–Crippen MR) is 117 cm³/mol. The summed E-state index contributed by atoms with van der Waals surface area (Å²) in [5.41, 5.74) is 1.06.